The predicted octanol–water partition coefficient (Wildman–Crippen LogP) is 1.64. The van der Waals surface area contributed by atoms with Crippen LogP contribution in [0.25, 0.3) is 0 Å². The van der Waals surface area contributed by atoms with Crippen LogP contribution in [0.3, 0.4) is 0 Å². The molecule has 3 rings (SSSR count). The number of hydrogen-bond acceptors (Lipinski definition) is 6. The third kappa shape index (κ3) is 4.22. The Morgan fingerprint density at radius 2 is 2.08 bits per heavy atom. The highest BCUT2D eigenvalue weighted by molar-refractivity contribution is 5.43. The normalized spacial score (nSPS) is 23.7. The minimum Gasteiger partial charge on any atom is -0.394 e. The maximum atomic E-state index is 10.3. The third-order valence-electron chi connectivity index (χ3n) is 4.96. The molecule has 6 nitrogen and oxygen atoms in total. The van der Waals surface area contributed by atoms with Crippen molar-refractivity contribution in [2.24, 2.45) is 0 Å². The third-order valence-corrected chi connectivity index (χ3v) is 4.96. The van der Waals surface area contributed by atoms with Crippen molar-refractivity contribution in [2.45, 2.75) is 31.7 Å². The molecule has 0 bridgehead atoms. The molecule has 1 aliphatic heterocycles. The number of aliphatic hydroxyl groups is 2. The monoisotopic (exact) mass is 357 g/mol. The fourth-order valence-electron chi connectivity index (χ4n) is 3.45. The van der Waals surface area contributed by atoms with Crippen LogP contribution in [-0.4, -0.2) is 58.0 Å². The molecule has 0 radical (unpaired) electrons. The highest BCUT2D eigenvalue weighted by Gasteiger charge is 2.42. The number of rotatable bonds is 7. The van der Waals surface area contributed by atoms with Crippen molar-refractivity contribution in [3.63, 3.8) is 0 Å². The lowest BCUT2D eigenvalue weighted by atomic mass is 9.94. The van der Waals surface area contributed by atoms with Crippen molar-refractivity contribution < 1.29 is 14.9 Å². The molecule has 2 aromatic rings. The van der Waals surface area contributed by atoms with E-state index in [1.165, 1.54) is 5.56 Å². The summed E-state index contributed by atoms with van der Waals surface area (Å²) in [5.41, 5.74) is 2.18. The summed E-state index contributed by atoms with van der Waals surface area (Å²) < 4.78 is 5.80. The highest BCUT2D eigenvalue weighted by atomic mass is 16.5. The van der Waals surface area contributed by atoms with Crippen LogP contribution in [0, 0.1) is 0 Å². The number of ether oxygens (including phenoxy) is 1. The molecule has 1 aromatic carbocycles. The molecule has 6 heteroatoms. The first-order chi connectivity index (χ1) is 12.7. The number of benzene rings is 1. The van der Waals surface area contributed by atoms with E-state index in [1.807, 2.05) is 30.3 Å². The minimum atomic E-state index is -0.518. The molecule has 3 N–H and O–H groups in total. The summed E-state index contributed by atoms with van der Waals surface area (Å²) in [5, 5.41) is 22.9. The van der Waals surface area contributed by atoms with Gasteiger partial charge in [-0.3, -0.25) is 9.88 Å². The molecule has 2 atom stereocenters. The average Bonchev–Trinajstić information content (AvgIpc) is 2.69. The van der Waals surface area contributed by atoms with Crippen LogP contribution >= 0.6 is 0 Å². The van der Waals surface area contributed by atoms with Gasteiger partial charge in [0.2, 0.25) is 0 Å². The molecule has 1 saturated heterocycles. The number of hydrogen-bond donors (Lipinski definition) is 3. The van der Waals surface area contributed by atoms with Gasteiger partial charge in [-0.2, -0.15) is 0 Å². The van der Waals surface area contributed by atoms with Crippen LogP contribution in [0.5, 0.6) is 0 Å². The number of nitrogens with one attached hydrogen (secondary N) is 1. The summed E-state index contributed by atoms with van der Waals surface area (Å²) in [6.45, 7) is 4.43. The molecular weight excluding hydrogens is 330 g/mol. The lowest BCUT2D eigenvalue weighted by Gasteiger charge is -2.49. The van der Waals surface area contributed by atoms with E-state index in [9.17, 15) is 10.2 Å². The summed E-state index contributed by atoms with van der Waals surface area (Å²) in [4.78, 5) is 6.42. The van der Waals surface area contributed by atoms with Gasteiger partial charge in [0.15, 0.2) is 0 Å². The van der Waals surface area contributed by atoms with Crippen LogP contribution in [-0.2, 0) is 17.9 Å². The molecule has 0 aliphatic carbocycles. The molecule has 0 spiro atoms. The Hall–Kier alpha value is -1.99. The van der Waals surface area contributed by atoms with Gasteiger partial charge in [0.1, 0.15) is 0 Å². The predicted molar refractivity (Wildman–Crippen MR) is 101 cm³/mol. The largest absolute Gasteiger partial charge is 0.394 e. The van der Waals surface area contributed by atoms with E-state index in [2.05, 4.69) is 34.3 Å². The van der Waals surface area contributed by atoms with Gasteiger partial charge in [-0.05, 0) is 24.6 Å². The van der Waals surface area contributed by atoms with E-state index in [1.54, 1.807) is 6.20 Å². The molecule has 2 heterocycles. The van der Waals surface area contributed by atoms with Crippen LogP contribution in [0.2, 0.25) is 0 Å². The van der Waals surface area contributed by atoms with Gasteiger partial charge in [0, 0.05) is 31.0 Å². The first kappa shape index (κ1) is 18.8. The molecule has 0 amide bonds. The van der Waals surface area contributed by atoms with Gasteiger partial charge in [0.25, 0.3) is 0 Å². The van der Waals surface area contributed by atoms with Crippen molar-refractivity contribution in [1.29, 1.82) is 0 Å². The Labute approximate surface area is 154 Å². The number of pyridine rings is 1. The van der Waals surface area contributed by atoms with Crippen molar-refractivity contribution >= 4 is 5.69 Å². The quantitative estimate of drug-likeness (QED) is 0.699. The number of aromatic nitrogens is 1. The Bertz CT molecular complexity index is 698. The smallest absolute Gasteiger partial charge is 0.0856 e. The van der Waals surface area contributed by atoms with Crippen molar-refractivity contribution in [2.75, 3.05) is 31.7 Å². The molecule has 0 saturated carbocycles. The zero-order valence-corrected chi connectivity index (χ0v) is 15.1. The summed E-state index contributed by atoms with van der Waals surface area (Å²) >= 11 is 0. The Morgan fingerprint density at radius 1 is 1.27 bits per heavy atom. The maximum Gasteiger partial charge on any atom is 0.0856 e. The van der Waals surface area contributed by atoms with Crippen molar-refractivity contribution in [1.82, 2.24) is 9.88 Å². The van der Waals surface area contributed by atoms with E-state index < -0.39 is 5.54 Å². The van der Waals surface area contributed by atoms with Gasteiger partial charge < -0.3 is 20.3 Å². The van der Waals surface area contributed by atoms with Gasteiger partial charge >= 0.3 is 0 Å². The second-order valence-corrected chi connectivity index (χ2v) is 6.91. The maximum absolute atomic E-state index is 10.3. The fourth-order valence-corrected chi connectivity index (χ4v) is 3.45. The van der Waals surface area contributed by atoms with Crippen molar-refractivity contribution in [3.8, 4) is 0 Å². The second kappa shape index (κ2) is 8.60. The number of anilines is 1. The van der Waals surface area contributed by atoms with Crippen LogP contribution in [0.15, 0.2) is 48.7 Å². The summed E-state index contributed by atoms with van der Waals surface area (Å²) in [6.07, 6.45) is 1.67. The lowest BCUT2D eigenvalue weighted by Crippen LogP contribution is -2.65. The summed E-state index contributed by atoms with van der Waals surface area (Å²) in [6, 6.07) is 14.2. The minimum absolute atomic E-state index is 0.00485. The van der Waals surface area contributed by atoms with E-state index in [0.717, 1.165) is 12.2 Å². The number of nitrogens with zero attached hydrogens (tertiary/aromatic N) is 2. The van der Waals surface area contributed by atoms with Gasteiger partial charge in [-0.1, -0.05) is 30.3 Å². The Kier molecular flexibility index (Phi) is 6.21. The molecule has 1 aromatic heterocycles. The van der Waals surface area contributed by atoms with Crippen LogP contribution in [0.1, 0.15) is 18.2 Å². The van der Waals surface area contributed by atoms with Crippen LogP contribution < -0.4 is 5.32 Å². The van der Waals surface area contributed by atoms with E-state index in [0.29, 0.717) is 25.5 Å². The number of morpholine rings is 1. The topological polar surface area (TPSA) is 77.8 Å². The molecule has 26 heavy (non-hydrogen) atoms. The zero-order valence-electron chi connectivity index (χ0n) is 15.1. The van der Waals surface area contributed by atoms with Gasteiger partial charge in [-0.15, -0.1) is 0 Å². The van der Waals surface area contributed by atoms with E-state index >= 15 is 0 Å². The molecule has 0 unspecified atom stereocenters. The molecule has 140 valence electrons. The standard InChI is InChI=1S/C20H27N3O3/c1-16-12-26-15-20(14-25,23(16)10-17-5-3-2-4-6-17)13-22-18-7-8-21-19(9-18)11-24/h2-9,16,24-25H,10-15H2,1H3,(H,21,22)/t16-,20+/m1/s1. The van der Waals surface area contributed by atoms with Crippen molar-refractivity contribution in [3.05, 3.63) is 59.9 Å². The van der Waals surface area contributed by atoms with Gasteiger partial charge in [0.05, 0.1) is 37.7 Å². The first-order valence-electron chi connectivity index (χ1n) is 8.96. The Morgan fingerprint density at radius 3 is 2.81 bits per heavy atom. The van der Waals surface area contributed by atoms with Crippen LogP contribution in [0.4, 0.5) is 5.69 Å². The van der Waals surface area contributed by atoms with E-state index in [-0.39, 0.29) is 19.3 Å². The summed E-state index contributed by atoms with van der Waals surface area (Å²) in [5.74, 6) is 0. The summed E-state index contributed by atoms with van der Waals surface area (Å²) in [7, 11) is 0. The van der Waals surface area contributed by atoms with E-state index in [4.69, 9.17) is 4.74 Å². The Balaban J connectivity index is 1.78. The lowest BCUT2D eigenvalue weighted by molar-refractivity contribution is -0.117. The number of aliphatic hydroxyl groups excluding tert-OH is 2. The average molecular weight is 357 g/mol. The second-order valence-electron chi connectivity index (χ2n) is 6.91. The molecule has 1 aliphatic rings. The molecule has 1 fully saturated rings. The van der Waals surface area contributed by atoms with Gasteiger partial charge in [-0.25, -0.2) is 0 Å². The first-order valence-corrected chi connectivity index (χ1v) is 8.96. The SMILES string of the molecule is C[C@@H]1COC[C@@](CO)(CNc2ccnc(CO)c2)N1Cc1ccccc1. The zero-order chi connectivity index (χ0) is 18.4. The fraction of sp³-hybridized carbons (Fsp3) is 0.450. The molecular formula is C20H27N3O3. The highest BCUT2D eigenvalue weighted by Crippen LogP contribution is 2.27.